The molecule has 1 aliphatic rings. The molecule has 1 aromatic rings. The summed E-state index contributed by atoms with van der Waals surface area (Å²) in [5, 5.41) is 0. The van der Waals surface area contributed by atoms with Crippen LogP contribution in [0.25, 0.3) is 0 Å². The summed E-state index contributed by atoms with van der Waals surface area (Å²) < 4.78 is 42.5. The molecule has 2 rings (SSSR count). The van der Waals surface area contributed by atoms with Crippen molar-refractivity contribution in [1.82, 2.24) is 4.72 Å². The minimum Gasteiger partial charge on any atom is -0.493 e. The average Bonchev–Trinajstić information content (AvgIpc) is 2.97. The minimum absolute atomic E-state index is 0.0371. The second-order valence-electron chi connectivity index (χ2n) is 4.50. The summed E-state index contributed by atoms with van der Waals surface area (Å²) in [5.74, 6) is 0.873. The van der Waals surface area contributed by atoms with Gasteiger partial charge in [0.1, 0.15) is 0 Å². The Morgan fingerprint density at radius 2 is 2.05 bits per heavy atom. The van der Waals surface area contributed by atoms with Gasteiger partial charge in [0.25, 0.3) is 0 Å². The fourth-order valence-electron chi connectivity index (χ4n) is 2.08. The van der Waals surface area contributed by atoms with Crippen LogP contribution in [-0.2, 0) is 14.8 Å². The smallest absolute Gasteiger partial charge is 0.240 e. The van der Waals surface area contributed by atoms with E-state index in [4.69, 9.17) is 14.2 Å². The molecule has 0 spiro atoms. The maximum Gasteiger partial charge on any atom is 0.240 e. The van der Waals surface area contributed by atoms with E-state index in [1.165, 1.54) is 26.4 Å². The zero-order valence-corrected chi connectivity index (χ0v) is 12.4. The topological polar surface area (TPSA) is 73.9 Å². The van der Waals surface area contributed by atoms with Crippen LogP contribution < -0.4 is 14.2 Å². The summed E-state index contributed by atoms with van der Waals surface area (Å²) in [6, 6.07) is 4.50. The highest BCUT2D eigenvalue weighted by Gasteiger charge is 2.21. The molecule has 0 radical (unpaired) electrons. The van der Waals surface area contributed by atoms with E-state index in [0.29, 0.717) is 18.1 Å². The molecule has 1 unspecified atom stereocenters. The molecule has 1 saturated heterocycles. The second-order valence-corrected chi connectivity index (χ2v) is 6.27. The Morgan fingerprint density at radius 3 is 2.65 bits per heavy atom. The van der Waals surface area contributed by atoms with Gasteiger partial charge in [-0.05, 0) is 25.0 Å². The van der Waals surface area contributed by atoms with Crippen molar-refractivity contribution in [2.24, 2.45) is 0 Å². The number of nitrogens with one attached hydrogen (secondary N) is 1. The fraction of sp³-hybridized carbons (Fsp3) is 0.538. The highest BCUT2D eigenvalue weighted by molar-refractivity contribution is 7.89. The Bertz CT molecular complexity index is 552. The van der Waals surface area contributed by atoms with Gasteiger partial charge in [-0.25, -0.2) is 13.1 Å². The quantitative estimate of drug-likeness (QED) is 0.853. The van der Waals surface area contributed by atoms with E-state index in [2.05, 4.69) is 4.72 Å². The largest absolute Gasteiger partial charge is 0.493 e. The lowest BCUT2D eigenvalue weighted by atomic mass is 10.2. The van der Waals surface area contributed by atoms with Gasteiger partial charge in [0.15, 0.2) is 11.5 Å². The number of ether oxygens (including phenoxy) is 3. The standard InChI is InChI=1S/C13H19NO5S/c1-17-12-6-5-11(8-13(12)18-2)20(15,16)14-9-10-4-3-7-19-10/h5-6,8,10,14H,3-4,7,9H2,1-2H3. The lowest BCUT2D eigenvalue weighted by Crippen LogP contribution is -2.31. The molecule has 1 aliphatic heterocycles. The number of benzene rings is 1. The third-order valence-corrected chi connectivity index (χ3v) is 4.61. The van der Waals surface area contributed by atoms with Crippen molar-refractivity contribution < 1.29 is 22.6 Å². The molecule has 6 nitrogen and oxygen atoms in total. The monoisotopic (exact) mass is 301 g/mol. The van der Waals surface area contributed by atoms with Crippen LogP contribution in [0.5, 0.6) is 11.5 Å². The lowest BCUT2D eigenvalue weighted by Gasteiger charge is -2.13. The Kier molecular flexibility index (Phi) is 4.85. The molecule has 0 aromatic heterocycles. The van der Waals surface area contributed by atoms with Crippen LogP contribution in [0.3, 0.4) is 0 Å². The first-order chi connectivity index (χ1) is 9.56. The van der Waals surface area contributed by atoms with Gasteiger partial charge in [-0.1, -0.05) is 0 Å². The maximum absolute atomic E-state index is 12.2. The van der Waals surface area contributed by atoms with Crippen molar-refractivity contribution in [2.45, 2.75) is 23.8 Å². The van der Waals surface area contributed by atoms with E-state index < -0.39 is 10.0 Å². The summed E-state index contributed by atoms with van der Waals surface area (Å²) in [5.41, 5.74) is 0. The molecule has 1 N–H and O–H groups in total. The van der Waals surface area contributed by atoms with Gasteiger partial charge < -0.3 is 14.2 Å². The Hall–Kier alpha value is -1.31. The van der Waals surface area contributed by atoms with E-state index in [9.17, 15) is 8.42 Å². The molecule has 1 atom stereocenters. The average molecular weight is 301 g/mol. The second kappa shape index (κ2) is 6.43. The van der Waals surface area contributed by atoms with E-state index >= 15 is 0 Å². The number of rotatable bonds is 6. The van der Waals surface area contributed by atoms with Crippen molar-refractivity contribution >= 4 is 10.0 Å². The highest BCUT2D eigenvalue weighted by Crippen LogP contribution is 2.29. The van der Waals surface area contributed by atoms with Crippen LogP contribution in [-0.4, -0.2) is 41.9 Å². The van der Waals surface area contributed by atoms with Crippen molar-refractivity contribution in [1.29, 1.82) is 0 Å². The van der Waals surface area contributed by atoms with Gasteiger partial charge in [0, 0.05) is 19.2 Å². The Labute approximate surface area is 119 Å². The zero-order valence-electron chi connectivity index (χ0n) is 11.6. The predicted octanol–water partition coefficient (Wildman–Crippen LogP) is 1.16. The molecule has 0 saturated carbocycles. The van der Waals surface area contributed by atoms with E-state index in [1.807, 2.05) is 0 Å². The summed E-state index contributed by atoms with van der Waals surface area (Å²) in [6.45, 7) is 0.986. The summed E-state index contributed by atoms with van der Waals surface area (Å²) >= 11 is 0. The van der Waals surface area contributed by atoms with Gasteiger partial charge in [0.05, 0.1) is 25.2 Å². The molecule has 0 aliphatic carbocycles. The number of hydrogen-bond acceptors (Lipinski definition) is 5. The molecule has 7 heteroatoms. The van der Waals surface area contributed by atoms with Crippen LogP contribution in [0, 0.1) is 0 Å². The van der Waals surface area contributed by atoms with Crippen LogP contribution in [0.15, 0.2) is 23.1 Å². The number of hydrogen-bond donors (Lipinski definition) is 1. The molecule has 20 heavy (non-hydrogen) atoms. The first-order valence-corrected chi connectivity index (χ1v) is 7.88. The van der Waals surface area contributed by atoms with Crippen molar-refractivity contribution in [3.63, 3.8) is 0 Å². The van der Waals surface area contributed by atoms with Crippen molar-refractivity contribution in [3.8, 4) is 11.5 Å². The van der Waals surface area contributed by atoms with Gasteiger partial charge >= 0.3 is 0 Å². The van der Waals surface area contributed by atoms with Gasteiger partial charge in [-0.2, -0.15) is 0 Å². The van der Waals surface area contributed by atoms with Crippen LogP contribution >= 0.6 is 0 Å². The Balaban J connectivity index is 2.11. The van der Waals surface area contributed by atoms with Gasteiger partial charge in [-0.15, -0.1) is 0 Å². The van der Waals surface area contributed by atoms with E-state index in [0.717, 1.165) is 12.8 Å². The number of methoxy groups -OCH3 is 2. The zero-order chi connectivity index (χ0) is 14.6. The molecule has 0 amide bonds. The SMILES string of the molecule is COc1ccc(S(=O)(=O)NCC2CCCO2)cc1OC. The highest BCUT2D eigenvalue weighted by atomic mass is 32.2. The molecule has 1 heterocycles. The maximum atomic E-state index is 12.2. The van der Waals surface area contributed by atoms with Crippen LogP contribution in [0.1, 0.15) is 12.8 Å². The first-order valence-electron chi connectivity index (χ1n) is 6.40. The molecule has 1 fully saturated rings. The van der Waals surface area contributed by atoms with Crippen molar-refractivity contribution in [3.05, 3.63) is 18.2 Å². The Morgan fingerprint density at radius 1 is 1.30 bits per heavy atom. The summed E-state index contributed by atoms with van der Waals surface area (Å²) in [7, 11) is -0.603. The fourth-order valence-corrected chi connectivity index (χ4v) is 3.16. The molecule has 1 aromatic carbocycles. The first kappa shape index (κ1) is 15.1. The third kappa shape index (κ3) is 3.41. The normalized spacial score (nSPS) is 19.0. The summed E-state index contributed by atoms with van der Waals surface area (Å²) in [4.78, 5) is 0.146. The van der Waals surface area contributed by atoms with Crippen LogP contribution in [0.2, 0.25) is 0 Å². The van der Waals surface area contributed by atoms with E-state index in [1.54, 1.807) is 6.07 Å². The lowest BCUT2D eigenvalue weighted by molar-refractivity contribution is 0.114. The number of sulfonamides is 1. The molecule has 0 bridgehead atoms. The third-order valence-electron chi connectivity index (χ3n) is 3.19. The van der Waals surface area contributed by atoms with Crippen molar-refractivity contribution in [2.75, 3.05) is 27.4 Å². The molecular formula is C13H19NO5S. The molecule has 112 valence electrons. The van der Waals surface area contributed by atoms with Crippen LogP contribution in [0.4, 0.5) is 0 Å². The molecular weight excluding hydrogens is 282 g/mol. The van der Waals surface area contributed by atoms with E-state index in [-0.39, 0.29) is 17.5 Å². The van der Waals surface area contributed by atoms with Gasteiger partial charge in [-0.3, -0.25) is 0 Å². The predicted molar refractivity (Wildman–Crippen MR) is 73.7 cm³/mol. The minimum atomic E-state index is -3.57. The van der Waals surface area contributed by atoms with Gasteiger partial charge in [0.2, 0.25) is 10.0 Å². The summed E-state index contributed by atoms with van der Waals surface area (Å²) in [6.07, 6.45) is 1.82.